The SMILES string of the molecule is CC(=N)C1CCC2C3CCC4(N)CCCCC4(C)C3CCC12C. The van der Waals surface area contributed by atoms with E-state index in [9.17, 15) is 0 Å². The first-order valence-electron chi connectivity index (χ1n) is 10.2. The van der Waals surface area contributed by atoms with Gasteiger partial charge in [0.15, 0.2) is 0 Å². The lowest BCUT2D eigenvalue weighted by atomic mass is 9.42. The molecule has 0 aromatic rings. The smallest absolute Gasteiger partial charge is 0.0211 e. The molecule has 4 aliphatic rings. The van der Waals surface area contributed by atoms with Crippen molar-refractivity contribution in [2.24, 2.45) is 40.2 Å². The second-order valence-corrected chi connectivity index (χ2v) is 10.1. The van der Waals surface area contributed by atoms with Crippen LogP contribution in [0.1, 0.15) is 85.0 Å². The van der Waals surface area contributed by atoms with Crippen molar-refractivity contribution in [3.8, 4) is 0 Å². The molecule has 4 fully saturated rings. The summed E-state index contributed by atoms with van der Waals surface area (Å²) in [6.45, 7) is 7.13. The van der Waals surface area contributed by atoms with Crippen LogP contribution in [0.25, 0.3) is 0 Å². The first-order chi connectivity index (χ1) is 10.8. The van der Waals surface area contributed by atoms with Gasteiger partial charge < -0.3 is 11.1 Å². The van der Waals surface area contributed by atoms with Gasteiger partial charge in [0.25, 0.3) is 0 Å². The predicted molar refractivity (Wildman–Crippen MR) is 96.7 cm³/mol. The molecule has 0 heterocycles. The van der Waals surface area contributed by atoms with Gasteiger partial charge in [-0.1, -0.05) is 26.7 Å². The maximum atomic E-state index is 8.27. The number of rotatable bonds is 1. The summed E-state index contributed by atoms with van der Waals surface area (Å²) in [6.07, 6.45) is 13.3. The minimum absolute atomic E-state index is 0.121. The highest BCUT2D eigenvalue weighted by Crippen LogP contribution is 2.67. The summed E-state index contributed by atoms with van der Waals surface area (Å²) < 4.78 is 0. The van der Waals surface area contributed by atoms with E-state index in [1.807, 2.05) is 0 Å². The Hall–Kier alpha value is -0.370. The molecular weight excluding hydrogens is 280 g/mol. The Morgan fingerprint density at radius 3 is 2.39 bits per heavy atom. The molecule has 0 spiro atoms. The van der Waals surface area contributed by atoms with Crippen LogP contribution in [0.2, 0.25) is 0 Å². The summed E-state index contributed by atoms with van der Waals surface area (Å²) in [4.78, 5) is 0. The van der Waals surface area contributed by atoms with Gasteiger partial charge in [-0.3, -0.25) is 0 Å². The molecular formula is C21H36N2. The first kappa shape index (κ1) is 16.1. The van der Waals surface area contributed by atoms with Crippen molar-refractivity contribution in [2.75, 3.05) is 0 Å². The van der Waals surface area contributed by atoms with E-state index in [-0.39, 0.29) is 5.54 Å². The molecule has 4 rings (SSSR count). The minimum atomic E-state index is 0.121. The number of hydrogen-bond donors (Lipinski definition) is 2. The van der Waals surface area contributed by atoms with Crippen LogP contribution in [0.4, 0.5) is 0 Å². The number of nitrogens with one attached hydrogen (secondary N) is 1. The van der Waals surface area contributed by atoms with Crippen LogP contribution in [0.3, 0.4) is 0 Å². The van der Waals surface area contributed by atoms with Crippen LogP contribution >= 0.6 is 0 Å². The normalized spacial score (nSPS) is 55.7. The Morgan fingerprint density at radius 2 is 1.65 bits per heavy atom. The fourth-order valence-corrected chi connectivity index (χ4v) is 8.05. The van der Waals surface area contributed by atoms with Crippen molar-refractivity contribution >= 4 is 5.71 Å². The molecule has 0 aliphatic heterocycles. The fourth-order valence-electron chi connectivity index (χ4n) is 8.05. The van der Waals surface area contributed by atoms with E-state index in [0.717, 1.165) is 23.5 Å². The average Bonchev–Trinajstić information content (AvgIpc) is 2.85. The van der Waals surface area contributed by atoms with E-state index >= 15 is 0 Å². The highest BCUT2D eigenvalue weighted by Gasteiger charge is 2.63. The van der Waals surface area contributed by atoms with Crippen molar-refractivity contribution in [1.29, 1.82) is 5.41 Å². The van der Waals surface area contributed by atoms with Gasteiger partial charge in [0.2, 0.25) is 0 Å². The molecule has 130 valence electrons. The Bertz CT molecular complexity index is 514. The van der Waals surface area contributed by atoms with Gasteiger partial charge in [0.1, 0.15) is 0 Å². The molecule has 23 heavy (non-hydrogen) atoms. The van der Waals surface area contributed by atoms with E-state index in [1.165, 1.54) is 64.2 Å². The Labute approximate surface area is 142 Å². The Balaban J connectivity index is 1.66. The van der Waals surface area contributed by atoms with E-state index in [4.69, 9.17) is 11.1 Å². The zero-order chi connectivity index (χ0) is 16.5. The number of nitrogens with two attached hydrogens (primary N) is 1. The van der Waals surface area contributed by atoms with Crippen molar-refractivity contribution in [3.05, 3.63) is 0 Å². The summed E-state index contributed by atoms with van der Waals surface area (Å²) >= 11 is 0. The van der Waals surface area contributed by atoms with Gasteiger partial charge in [-0.15, -0.1) is 0 Å². The Kier molecular flexibility index (Phi) is 3.55. The second kappa shape index (κ2) is 5.07. The Morgan fingerprint density at radius 1 is 0.913 bits per heavy atom. The van der Waals surface area contributed by atoms with Crippen LogP contribution in [-0.4, -0.2) is 11.3 Å². The molecule has 2 heteroatoms. The van der Waals surface area contributed by atoms with Crippen LogP contribution in [0.5, 0.6) is 0 Å². The van der Waals surface area contributed by atoms with Crippen molar-refractivity contribution in [1.82, 2.24) is 0 Å². The molecule has 4 aliphatic carbocycles. The van der Waals surface area contributed by atoms with E-state index in [2.05, 4.69) is 20.8 Å². The molecule has 0 amide bonds. The summed E-state index contributed by atoms with van der Waals surface area (Å²) in [5, 5.41) is 8.27. The standard InChI is InChI=1S/C21H36N2/c1-14(22)16-6-7-17-15-8-13-21(23)11-5-4-10-20(21,3)18(15)9-12-19(16,17)2/h15-18,22H,4-13,23H2,1-3H3. The fraction of sp³-hybridized carbons (Fsp3) is 0.952. The number of hydrogen-bond acceptors (Lipinski definition) is 2. The van der Waals surface area contributed by atoms with Gasteiger partial charge >= 0.3 is 0 Å². The monoisotopic (exact) mass is 316 g/mol. The lowest BCUT2D eigenvalue weighted by Gasteiger charge is -2.64. The van der Waals surface area contributed by atoms with Gasteiger partial charge in [-0.25, -0.2) is 0 Å². The van der Waals surface area contributed by atoms with Gasteiger partial charge in [-0.05, 0) is 86.9 Å². The summed E-state index contributed by atoms with van der Waals surface area (Å²) in [5.74, 6) is 3.15. The minimum Gasteiger partial charge on any atom is -0.325 e. The lowest BCUT2D eigenvalue weighted by molar-refractivity contribution is -0.118. The topological polar surface area (TPSA) is 49.9 Å². The molecule has 0 aromatic heterocycles. The lowest BCUT2D eigenvalue weighted by Crippen LogP contribution is -2.65. The zero-order valence-electron chi connectivity index (χ0n) is 15.5. The molecule has 0 saturated heterocycles. The van der Waals surface area contributed by atoms with Crippen LogP contribution in [-0.2, 0) is 0 Å². The van der Waals surface area contributed by atoms with Crippen LogP contribution in [0.15, 0.2) is 0 Å². The third-order valence-corrected chi connectivity index (χ3v) is 9.41. The summed E-state index contributed by atoms with van der Waals surface area (Å²) in [7, 11) is 0. The summed E-state index contributed by atoms with van der Waals surface area (Å²) in [6, 6.07) is 0. The van der Waals surface area contributed by atoms with Crippen molar-refractivity contribution in [3.63, 3.8) is 0 Å². The highest BCUT2D eigenvalue weighted by molar-refractivity contribution is 5.82. The van der Waals surface area contributed by atoms with Crippen molar-refractivity contribution in [2.45, 2.75) is 90.5 Å². The zero-order valence-corrected chi connectivity index (χ0v) is 15.5. The predicted octanol–water partition coefficient (Wildman–Crippen LogP) is 5.16. The van der Waals surface area contributed by atoms with E-state index in [0.29, 0.717) is 16.7 Å². The summed E-state index contributed by atoms with van der Waals surface area (Å²) in [5.41, 5.74) is 8.88. The van der Waals surface area contributed by atoms with E-state index < -0.39 is 0 Å². The first-order valence-corrected chi connectivity index (χ1v) is 10.2. The quantitative estimate of drug-likeness (QED) is 0.645. The third kappa shape index (κ3) is 2.00. The molecule has 7 unspecified atom stereocenters. The molecule has 4 saturated carbocycles. The average molecular weight is 317 g/mol. The molecule has 7 atom stereocenters. The largest absolute Gasteiger partial charge is 0.325 e. The second-order valence-electron chi connectivity index (χ2n) is 10.1. The van der Waals surface area contributed by atoms with Crippen LogP contribution < -0.4 is 5.73 Å². The van der Waals surface area contributed by atoms with Gasteiger partial charge in [0.05, 0.1) is 0 Å². The van der Waals surface area contributed by atoms with E-state index in [1.54, 1.807) is 0 Å². The van der Waals surface area contributed by atoms with Crippen molar-refractivity contribution < 1.29 is 0 Å². The highest BCUT2D eigenvalue weighted by atomic mass is 14.8. The maximum absolute atomic E-state index is 8.27. The number of fused-ring (bicyclic) bond motifs is 5. The molecule has 2 nitrogen and oxygen atoms in total. The third-order valence-electron chi connectivity index (χ3n) is 9.41. The molecule has 0 aromatic carbocycles. The molecule has 3 N–H and O–H groups in total. The van der Waals surface area contributed by atoms with Gasteiger partial charge in [-0.2, -0.15) is 0 Å². The maximum Gasteiger partial charge on any atom is 0.0211 e. The van der Waals surface area contributed by atoms with Crippen LogP contribution in [0, 0.1) is 39.9 Å². The molecule has 0 bridgehead atoms. The van der Waals surface area contributed by atoms with Gasteiger partial charge in [0, 0.05) is 17.2 Å². The molecule has 0 radical (unpaired) electrons.